The normalized spacial score (nSPS) is 21.0. The average molecular weight is 673 g/mol. The number of hydrogen-bond donors (Lipinski definition) is 3. The van der Waals surface area contributed by atoms with Crippen LogP contribution in [-0.4, -0.2) is 89.2 Å². The van der Waals surface area contributed by atoms with Crippen LogP contribution in [0.3, 0.4) is 0 Å². The van der Waals surface area contributed by atoms with Gasteiger partial charge in [-0.3, -0.25) is 14.9 Å². The Hall–Kier alpha value is -4.62. The number of hydrogen-bond acceptors (Lipinski definition) is 11. The Kier molecular flexibility index (Phi) is 16.8. The van der Waals surface area contributed by atoms with Crippen molar-refractivity contribution in [1.29, 1.82) is 0 Å². The molecule has 1 aromatic rings. The van der Waals surface area contributed by atoms with Crippen LogP contribution in [0.2, 0.25) is 0 Å². The van der Waals surface area contributed by atoms with E-state index in [1.54, 1.807) is 37.3 Å². The van der Waals surface area contributed by atoms with Gasteiger partial charge in [0.25, 0.3) is 12.4 Å². The van der Waals surface area contributed by atoms with Crippen LogP contribution >= 0.6 is 11.6 Å². The van der Waals surface area contributed by atoms with Crippen LogP contribution in [0.5, 0.6) is 0 Å². The number of amides is 2. The number of nitrogens with zero attached hydrogens (tertiary/aromatic N) is 3. The SMILES string of the molecule is C=N/C1=N\CNCC(/C=C\C)=C/C(Cl)=C/OCCCN(C(=O)OC/C(OC=O)=C(\C)OC)CC(C)(C)CNC(=O)c2ccc(cc2)N1. The van der Waals surface area contributed by atoms with Crippen molar-refractivity contribution in [2.45, 2.75) is 34.1 Å². The number of ether oxygens (including phenoxy) is 4. The second-order valence-corrected chi connectivity index (χ2v) is 11.5. The molecule has 47 heavy (non-hydrogen) atoms. The van der Waals surface area contributed by atoms with Crippen molar-refractivity contribution < 1.29 is 33.3 Å². The molecule has 2 heterocycles. The lowest BCUT2D eigenvalue weighted by atomic mass is 9.92. The fraction of sp³-hybridized carbons (Fsp3) is 0.424. The summed E-state index contributed by atoms with van der Waals surface area (Å²) in [4.78, 5) is 47.0. The molecule has 3 rings (SSSR count). The van der Waals surface area contributed by atoms with Gasteiger partial charge >= 0.3 is 6.09 Å². The van der Waals surface area contributed by atoms with E-state index in [-0.39, 0.29) is 57.7 Å². The van der Waals surface area contributed by atoms with Gasteiger partial charge in [0.1, 0.15) is 12.0 Å². The number of aliphatic imine (C=N–C) groups is 2. The van der Waals surface area contributed by atoms with Crippen molar-refractivity contribution in [2.75, 3.05) is 58.5 Å². The van der Waals surface area contributed by atoms with E-state index in [4.69, 9.17) is 30.5 Å². The van der Waals surface area contributed by atoms with Crippen molar-refractivity contribution in [1.82, 2.24) is 15.5 Å². The Morgan fingerprint density at radius 3 is 2.68 bits per heavy atom. The maximum absolute atomic E-state index is 13.2. The number of carbonyl (C=O) groups is 3. The lowest BCUT2D eigenvalue weighted by molar-refractivity contribution is -0.126. The first kappa shape index (κ1) is 38.6. The molecular formula is C33H45ClN6O7. The van der Waals surface area contributed by atoms with E-state index in [1.807, 2.05) is 32.9 Å². The highest BCUT2D eigenvalue weighted by atomic mass is 35.5. The number of methoxy groups -OCH3 is 1. The molecule has 0 saturated carbocycles. The van der Waals surface area contributed by atoms with Gasteiger partial charge in [0.15, 0.2) is 12.4 Å². The van der Waals surface area contributed by atoms with Gasteiger partial charge in [-0.05, 0) is 68.3 Å². The Morgan fingerprint density at radius 2 is 2.02 bits per heavy atom. The van der Waals surface area contributed by atoms with E-state index in [2.05, 4.69) is 32.7 Å². The fourth-order valence-corrected chi connectivity index (χ4v) is 4.40. The zero-order valence-electron chi connectivity index (χ0n) is 27.6. The molecule has 0 radical (unpaired) electrons. The summed E-state index contributed by atoms with van der Waals surface area (Å²) in [7, 11) is 1.41. The molecule has 0 aliphatic carbocycles. The first-order valence-corrected chi connectivity index (χ1v) is 15.3. The lowest BCUT2D eigenvalue weighted by Gasteiger charge is -2.32. The van der Waals surface area contributed by atoms with E-state index in [0.29, 0.717) is 41.0 Å². The number of benzene rings is 1. The minimum absolute atomic E-state index is 0.0717. The topological polar surface area (TPSA) is 152 Å². The van der Waals surface area contributed by atoms with Gasteiger partial charge in [0.2, 0.25) is 5.96 Å². The molecule has 0 fully saturated rings. The molecule has 0 spiro atoms. The van der Waals surface area contributed by atoms with Crippen molar-refractivity contribution in [3.63, 3.8) is 0 Å². The first-order valence-electron chi connectivity index (χ1n) is 14.9. The standard InChI is InChI=1S/C33H45ClN6O7/c1-7-9-25-16-27(34)18-45-15-8-14-40(32(43)46-19-29(47-23-41)24(2)44-6)21-33(3,4)20-37-30(42)26-10-12-28(13-11-26)39-31(35-5)38-22-36-17-25/h7,9-13,16,18,23,36H,5,8,14-15,17,19-22H2,1-4,6H3,(H,37,42)(H,38,39)/b9-7-,25-16+,27-18-,29-24-. The zero-order chi connectivity index (χ0) is 34.7. The third-order valence-corrected chi connectivity index (χ3v) is 6.83. The predicted octanol–water partition coefficient (Wildman–Crippen LogP) is 4.95. The highest BCUT2D eigenvalue weighted by Gasteiger charge is 2.27. The van der Waals surface area contributed by atoms with Crippen LogP contribution in [0.25, 0.3) is 0 Å². The molecule has 2 amide bonds. The van der Waals surface area contributed by atoms with Crippen LogP contribution in [0.4, 0.5) is 10.5 Å². The second-order valence-electron chi connectivity index (χ2n) is 11.1. The highest BCUT2D eigenvalue weighted by molar-refractivity contribution is 6.31. The summed E-state index contributed by atoms with van der Waals surface area (Å²) >= 11 is 6.42. The molecule has 1 aromatic carbocycles. The third-order valence-electron chi connectivity index (χ3n) is 6.63. The molecule has 0 aromatic heterocycles. The Labute approximate surface area is 281 Å². The summed E-state index contributed by atoms with van der Waals surface area (Å²) in [6.45, 7) is 12.6. The zero-order valence-corrected chi connectivity index (χ0v) is 28.4. The third kappa shape index (κ3) is 14.6. The quantitative estimate of drug-likeness (QED) is 0.217. The molecule has 2 aliphatic rings. The summed E-state index contributed by atoms with van der Waals surface area (Å²) in [6, 6.07) is 6.86. The highest BCUT2D eigenvalue weighted by Crippen LogP contribution is 2.19. The molecule has 256 valence electrons. The van der Waals surface area contributed by atoms with Crippen molar-refractivity contribution in [3.8, 4) is 0 Å². The Balaban J connectivity index is 2.31. The summed E-state index contributed by atoms with van der Waals surface area (Å²) < 4.78 is 21.2. The van der Waals surface area contributed by atoms with Gasteiger partial charge in [0, 0.05) is 37.4 Å². The minimum atomic E-state index is -0.637. The number of halogens is 1. The summed E-state index contributed by atoms with van der Waals surface area (Å²) in [6.07, 6.45) is 6.85. The largest absolute Gasteiger partial charge is 0.500 e. The smallest absolute Gasteiger partial charge is 0.410 e. The number of fused-ring (bicyclic) bond motifs is 18. The van der Waals surface area contributed by atoms with Crippen LogP contribution in [-0.2, 0) is 23.7 Å². The van der Waals surface area contributed by atoms with Crippen LogP contribution in [0.1, 0.15) is 44.5 Å². The number of carbonyl (C=O) groups excluding carboxylic acids is 3. The molecule has 0 atom stereocenters. The Bertz CT molecular complexity index is 1370. The van der Waals surface area contributed by atoms with Crippen LogP contribution < -0.4 is 16.0 Å². The van der Waals surface area contributed by atoms with E-state index >= 15 is 0 Å². The molecule has 2 aliphatic heterocycles. The van der Waals surface area contributed by atoms with E-state index in [9.17, 15) is 14.4 Å². The summed E-state index contributed by atoms with van der Waals surface area (Å²) in [5.74, 6) is 0.411. The lowest BCUT2D eigenvalue weighted by Crippen LogP contribution is -2.45. The summed E-state index contributed by atoms with van der Waals surface area (Å²) in [5, 5.41) is 9.62. The number of nitrogens with one attached hydrogen (secondary N) is 3. The second kappa shape index (κ2) is 20.5. The number of allylic oxidation sites excluding steroid dienone is 4. The number of guanidine groups is 1. The van der Waals surface area contributed by atoms with Crippen molar-refractivity contribution in [3.05, 3.63) is 76.4 Å². The van der Waals surface area contributed by atoms with E-state index in [0.717, 1.165) is 5.57 Å². The molecule has 3 N–H and O–H groups in total. The van der Waals surface area contributed by atoms with Gasteiger partial charge in [-0.1, -0.05) is 37.6 Å². The number of rotatable bonds is 6. The molecule has 2 bridgehead atoms. The fourth-order valence-electron chi connectivity index (χ4n) is 4.19. The first-order chi connectivity index (χ1) is 22.5. The van der Waals surface area contributed by atoms with Gasteiger partial charge < -0.3 is 34.5 Å². The molecule has 0 saturated heterocycles. The minimum Gasteiger partial charge on any atom is -0.500 e. The maximum atomic E-state index is 13.2. The van der Waals surface area contributed by atoms with Gasteiger partial charge in [-0.15, -0.1) is 0 Å². The van der Waals surface area contributed by atoms with Crippen LogP contribution in [0.15, 0.2) is 80.9 Å². The van der Waals surface area contributed by atoms with Crippen molar-refractivity contribution >= 4 is 48.4 Å². The maximum Gasteiger partial charge on any atom is 0.410 e. The van der Waals surface area contributed by atoms with Gasteiger partial charge in [-0.2, -0.15) is 0 Å². The van der Waals surface area contributed by atoms with E-state index < -0.39 is 11.5 Å². The monoisotopic (exact) mass is 672 g/mol. The van der Waals surface area contributed by atoms with Gasteiger partial charge in [-0.25, -0.2) is 14.8 Å². The molecule has 14 heteroatoms. The molecule has 0 unspecified atom stereocenters. The van der Waals surface area contributed by atoms with Crippen LogP contribution in [0, 0.1) is 5.41 Å². The predicted molar refractivity (Wildman–Crippen MR) is 183 cm³/mol. The molecule has 13 nitrogen and oxygen atoms in total. The van der Waals surface area contributed by atoms with E-state index in [1.165, 1.54) is 18.3 Å². The number of anilines is 1. The van der Waals surface area contributed by atoms with Gasteiger partial charge in [0.05, 0.1) is 25.4 Å². The average Bonchev–Trinajstić information content (AvgIpc) is 3.05. The molecular weight excluding hydrogens is 628 g/mol. The van der Waals surface area contributed by atoms with Crippen molar-refractivity contribution in [2.24, 2.45) is 15.4 Å². The summed E-state index contributed by atoms with van der Waals surface area (Å²) in [5.41, 5.74) is 1.47. The Morgan fingerprint density at radius 1 is 1.28 bits per heavy atom.